The third-order valence-corrected chi connectivity index (χ3v) is 5.98. The van der Waals surface area contributed by atoms with Crippen LogP contribution in [0.25, 0.3) is 10.8 Å². The third-order valence-electron chi connectivity index (χ3n) is 5.98. The minimum Gasteiger partial charge on any atom is -0.474 e. The fraction of sp³-hybridized carbons (Fsp3) is 0.240. The second-order valence-corrected chi connectivity index (χ2v) is 8.36. The molecule has 0 atom stereocenters. The number of amides is 1. The van der Waals surface area contributed by atoms with E-state index in [2.05, 4.69) is 20.5 Å². The number of anilines is 1. The van der Waals surface area contributed by atoms with E-state index in [0.717, 1.165) is 40.4 Å². The van der Waals surface area contributed by atoms with Crippen LogP contribution < -0.4 is 10.1 Å². The van der Waals surface area contributed by atoms with Gasteiger partial charge in [-0.1, -0.05) is 42.5 Å². The molecule has 1 fully saturated rings. The molecule has 174 valence electrons. The molecular weight excluding hydrogens is 445 g/mol. The Morgan fingerprint density at radius 3 is 2.71 bits per heavy atom. The van der Waals surface area contributed by atoms with Crippen molar-refractivity contribution in [2.75, 3.05) is 5.32 Å². The predicted molar refractivity (Wildman–Crippen MR) is 120 cm³/mol. The molecule has 0 radical (unpaired) electrons. The van der Waals surface area contributed by atoms with Crippen molar-refractivity contribution in [3.8, 4) is 5.88 Å². The molecule has 1 aliphatic carbocycles. The second-order valence-electron chi connectivity index (χ2n) is 8.36. The molecule has 1 saturated carbocycles. The fourth-order valence-corrected chi connectivity index (χ4v) is 4.15. The largest absolute Gasteiger partial charge is 0.474 e. The first kappa shape index (κ1) is 21.9. The summed E-state index contributed by atoms with van der Waals surface area (Å²) in [5, 5.41) is 12.1. The van der Waals surface area contributed by atoms with E-state index in [4.69, 9.17) is 4.74 Å². The topological polar surface area (TPSA) is 79.9 Å². The Balaban J connectivity index is 1.15. The smallest absolute Gasteiger partial charge is 0.416 e. The lowest BCUT2D eigenvalue weighted by Gasteiger charge is -2.34. The Bertz CT molecular complexity index is 1320. The molecule has 0 unspecified atom stereocenters. The van der Waals surface area contributed by atoms with Crippen LogP contribution in [0.5, 0.6) is 5.88 Å². The SMILES string of the molecule is O=C(Cc1cccc2ccccc12)Nc1cc(C2CC(Oc3cc(C(F)(F)F)ccn3)C2)[nH]n1. The molecule has 0 aliphatic heterocycles. The molecule has 9 heteroatoms. The van der Waals surface area contributed by atoms with Gasteiger partial charge in [0, 0.05) is 29.9 Å². The Morgan fingerprint density at radius 2 is 1.88 bits per heavy atom. The van der Waals surface area contributed by atoms with Gasteiger partial charge < -0.3 is 10.1 Å². The molecule has 1 aliphatic rings. The van der Waals surface area contributed by atoms with Crippen LogP contribution in [0.4, 0.5) is 19.0 Å². The first-order valence-electron chi connectivity index (χ1n) is 10.9. The van der Waals surface area contributed by atoms with E-state index in [1.165, 1.54) is 0 Å². The average Bonchev–Trinajstić information content (AvgIpc) is 3.23. The maximum atomic E-state index is 12.8. The molecular formula is C25H21F3N4O2. The number of rotatable bonds is 6. The molecule has 0 spiro atoms. The maximum Gasteiger partial charge on any atom is 0.416 e. The predicted octanol–water partition coefficient (Wildman–Crippen LogP) is 5.48. The monoisotopic (exact) mass is 466 g/mol. The Labute approximate surface area is 193 Å². The van der Waals surface area contributed by atoms with Crippen LogP contribution in [0, 0.1) is 0 Å². The average molecular weight is 466 g/mol. The molecule has 1 amide bonds. The Morgan fingerprint density at radius 1 is 1.09 bits per heavy atom. The highest BCUT2D eigenvalue weighted by molar-refractivity contribution is 5.95. The van der Waals surface area contributed by atoms with E-state index in [1.807, 2.05) is 42.5 Å². The van der Waals surface area contributed by atoms with Gasteiger partial charge >= 0.3 is 6.18 Å². The summed E-state index contributed by atoms with van der Waals surface area (Å²) in [4.78, 5) is 16.4. The molecule has 0 saturated heterocycles. The van der Waals surface area contributed by atoms with Crippen LogP contribution in [-0.2, 0) is 17.4 Å². The lowest BCUT2D eigenvalue weighted by molar-refractivity contribution is -0.137. The van der Waals surface area contributed by atoms with Crippen molar-refractivity contribution in [2.24, 2.45) is 0 Å². The summed E-state index contributed by atoms with van der Waals surface area (Å²) in [6.45, 7) is 0. The molecule has 0 bridgehead atoms. The van der Waals surface area contributed by atoms with Gasteiger partial charge in [0.25, 0.3) is 0 Å². The Kier molecular flexibility index (Phi) is 5.69. The molecule has 2 aromatic carbocycles. The number of carbonyl (C=O) groups is 1. The van der Waals surface area contributed by atoms with Crippen LogP contribution >= 0.6 is 0 Å². The van der Waals surface area contributed by atoms with Crippen molar-refractivity contribution < 1.29 is 22.7 Å². The standard InChI is InChI=1S/C25H21F3N4O2/c26-25(27,28)18-8-9-29-24(13-18)34-19-10-17(11-19)21-14-22(32-31-21)30-23(33)12-16-6-3-5-15-4-1-2-7-20(15)16/h1-9,13-14,17,19H,10-12H2,(H2,30,31,32,33). The van der Waals surface area contributed by atoms with E-state index < -0.39 is 11.7 Å². The number of H-pyrrole nitrogens is 1. The van der Waals surface area contributed by atoms with Crippen molar-refractivity contribution in [1.29, 1.82) is 0 Å². The normalized spacial score (nSPS) is 17.9. The van der Waals surface area contributed by atoms with Crippen molar-refractivity contribution in [3.05, 3.63) is 83.7 Å². The minimum atomic E-state index is -4.44. The van der Waals surface area contributed by atoms with Gasteiger partial charge in [0.05, 0.1) is 12.0 Å². The summed E-state index contributed by atoms with van der Waals surface area (Å²) in [7, 11) is 0. The van der Waals surface area contributed by atoms with Crippen LogP contribution in [0.1, 0.15) is 35.6 Å². The summed E-state index contributed by atoms with van der Waals surface area (Å²) in [5.41, 5.74) is 0.997. The summed E-state index contributed by atoms with van der Waals surface area (Å²) >= 11 is 0. The molecule has 34 heavy (non-hydrogen) atoms. The summed E-state index contributed by atoms with van der Waals surface area (Å²) in [6.07, 6.45) is -2.11. The summed E-state index contributed by atoms with van der Waals surface area (Å²) < 4.78 is 44.1. The first-order chi connectivity index (χ1) is 16.3. The van der Waals surface area contributed by atoms with Gasteiger partial charge in [0.15, 0.2) is 5.82 Å². The zero-order chi connectivity index (χ0) is 23.7. The van der Waals surface area contributed by atoms with Crippen molar-refractivity contribution in [2.45, 2.75) is 37.5 Å². The van der Waals surface area contributed by atoms with Gasteiger partial charge in [-0.25, -0.2) is 4.98 Å². The van der Waals surface area contributed by atoms with Crippen molar-refractivity contribution >= 4 is 22.5 Å². The number of carbonyl (C=O) groups excluding carboxylic acids is 1. The highest BCUT2D eigenvalue weighted by Gasteiger charge is 2.35. The van der Waals surface area contributed by atoms with Crippen molar-refractivity contribution in [3.63, 3.8) is 0 Å². The number of alkyl halides is 3. The number of pyridine rings is 1. The summed E-state index contributed by atoms with van der Waals surface area (Å²) in [5.74, 6) is 0.347. The van der Waals surface area contributed by atoms with Crippen molar-refractivity contribution in [1.82, 2.24) is 15.2 Å². The first-order valence-corrected chi connectivity index (χ1v) is 10.9. The molecule has 4 aromatic rings. The number of benzene rings is 2. The highest BCUT2D eigenvalue weighted by atomic mass is 19.4. The number of hydrogen-bond acceptors (Lipinski definition) is 4. The number of nitrogens with one attached hydrogen (secondary N) is 2. The number of hydrogen-bond donors (Lipinski definition) is 2. The van der Waals surface area contributed by atoms with Gasteiger partial charge in [-0.05, 0) is 35.2 Å². The van der Waals surface area contributed by atoms with Crippen LogP contribution in [0.2, 0.25) is 0 Å². The van der Waals surface area contributed by atoms with E-state index in [-0.39, 0.29) is 30.2 Å². The zero-order valence-corrected chi connectivity index (χ0v) is 18.0. The molecule has 2 aromatic heterocycles. The summed E-state index contributed by atoms with van der Waals surface area (Å²) in [6, 6.07) is 17.4. The maximum absolute atomic E-state index is 12.8. The number of nitrogens with zero attached hydrogens (tertiary/aromatic N) is 2. The lowest BCUT2D eigenvalue weighted by atomic mass is 9.80. The number of ether oxygens (including phenoxy) is 1. The van der Waals surface area contributed by atoms with Gasteiger partial charge in [-0.15, -0.1) is 0 Å². The van der Waals surface area contributed by atoms with Crippen LogP contribution in [-0.4, -0.2) is 27.2 Å². The third kappa shape index (κ3) is 4.73. The van der Waals surface area contributed by atoms with Gasteiger partial charge in [-0.3, -0.25) is 9.89 Å². The van der Waals surface area contributed by atoms with E-state index in [9.17, 15) is 18.0 Å². The quantitative estimate of drug-likeness (QED) is 0.394. The molecule has 2 N–H and O–H groups in total. The van der Waals surface area contributed by atoms with E-state index in [1.54, 1.807) is 6.07 Å². The van der Waals surface area contributed by atoms with Crippen LogP contribution in [0.15, 0.2) is 66.9 Å². The number of aromatic amines is 1. The van der Waals surface area contributed by atoms with Gasteiger partial charge in [-0.2, -0.15) is 18.3 Å². The van der Waals surface area contributed by atoms with Crippen LogP contribution in [0.3, 0.4) is 0 Å². The second kappa shape index (κ2) is 8.81. The number of aromatic nitrogens is 3. The molecule has 6 nitrogen and oxygen atoms in total. The molecule has 5 rings (SSSR count). The van der Waals surface area contributed by atoms with E-state index >= 15 is 0 Å². The minimum absolute atomic E-state index is 0.0377. The number of fused-ring (bicyclic) bond motifs is 1. The Hall–Kier alpha value is -3.88. The molecule has 2 heterocycles. The zero-order valence-electron chi connectivity index (χ0n) is 18.0. The fourth-order valence-electron chi connectivity index (χ4n) is 4.15. The van der Waals surface area contributed by atoms with E-state index in [0.29, 0.717) is 18.7 Å². The highest BCUT2D eigenvalue weighted by Crippen LogP contribution is 2.39. The van der Waals surface area contributed by atoms with Gasteiger partial charge in [0.2, 0.25) is 11.8 Å². The lowest BCUT2D eigenvalue weighted by Crippen LogP contribution is -2.32. The van der Waals surface area contributed by atoms with Gasteiger partial charge in [0.1, 0.15) is 6.10 Å². The number of halogens is 3.